The Kier molecular flexibility index (Phi) is 4.27. The van der Waals surface area contributed by atoms with Gasteiger partial charge in [0.2, 0.25) is 5.91 Å². The number of halogens is 1. The molecule has 0 N–H and O–H groups in total. The molecular weight excluding hydrogens is 378 g/mol. The summed E-state index contributed by atoms with van der Waals surface area (Å²) in [4.78, 5) is 31.4. The van der Waals surface area contributed by atoms with Crippen LogP contribution >= 0.6 is 11.6 Å². The second-order valence-electron chi connectivity index (χ2n) is 6.93. The molecule has 26 heavy (non-hydrogen) atoms. The number of nitrogens with zero attached hydrogens (tertiary/aromatic N) is 3. The van der Waals surface area contributed by atoms with Crippen LogP contribution in [0, 0.1) is 0 Å². The standard InChI is InChI=1S/C17H18ClN3O4S/c18-11-1-4-15-14(7-11)17(23)20(10-19-15)8-16(22)21(12-2-3-12)13-5-6-26(24,25)9-13/h1,4,7,10,12-13H,2-3,5-6,8-9H2/t13-/m0/s1. The number of benzene rings is 1. The molecule has 1 atom stereocenters. The van der Waals surface area contributed by atoms with Crippen LogP contribution in [0.3, 0.4) is 0 Å². The minimum absolute atomic E-state index is 0.00964. The normalized spacial score (nSPS) is 21.8. The van der Waals surface area contributed by atoms with E-state index < -0.39 is 9.84 Å². The Morgan fingerprint density at radius 1 is 1.27 bits per heavy atom. The minimum Gasteiger partial charge on any atom is -0.334 e. The zero-order valence-corrected chi connectivity index (χ0v) is 15.5. The maximum Gasteiger partial charge on any atom is 0.261 e. The van der Waals surface area contributed by atoms with Gasteiger partial charge in [0.25, 0.3) is 5.56 Å². The van der Waals surface area contributed by atoms with Crippen LogP contribution in [-0.2, 0) is 21.2 Å². The summed E-state index contributed by atoms with van der Waals surface area (Å²) in [7, 11) is -3.08. The van der Waals surface area contributed by atoms with Gasteiger partial charge in [0, 0.05) is 17.1 Å². The van der Waals surface area contributed by atoms with Gasteiger partial charge in [-0.05, 0) is 37.5 Å². The van der Waals surface area contributed by atoms with Gasteiger partial charge in [-0.2, -0.15) is 0 Å². The summed E-state index contributed by atoms with van der Waals surface area (Å²) in [6.07, 6.45) is 3.57. The lowest BCUT2D eigenvalue weighted by atomic mass is 10.2. The fraction of sp³-hybridized carbons (Fsp3) is 0.471. The van der Waals surface area contributed by atoms with E-state index in [4.69, 9.17) is 11.6 Å². The van der Waals surface area contributed by atoms with Gasteiger partial charge in [-0.3, -0.25) is 14.2 Å². The predicted octanol–water partition coefficient (Wildman–Crippen LogP) is 1.23. The lowest BCUT2D eigenvalue weighted by molar-refractivity contribution is -0.134. The SMILES string of the molecule is O=C(Cn1cnc2ccc(Cl)cc2c1=O)N(C1CC1)[C@H]1CCS(=O)(=O)C1. The topological polar surface area (TPSA) is 89.3 Å². The monoisotopic (exact) mass is 395 g/mol. The molecule has 4 rings (SSSR count). The van der Waals surface area contributed by atoms with Crippen molar-refractivity contribution in [3.05, 3.63) is 39.9 Å². The van der Waals surface area contributed by atoms with E-state index in [0.717, 1.165) is 12.8 Å². The molecule has 1 saturated heterocycles. The van der Waals surface area contributed by atoms with Gasteiger partial charge < -0.3 is 4.90 Å². The van der Waals surface area contributed by atoms with E-state index >= 15 is 0 Å². The van der Waals surface area contributed by atoms with Crippen molar-refractivity contribution in [3.63, 3.8) is 0 Å². The first-order valence-electron chi connectivity index (χ1n) is 8.50. The van der Waals surface area contributed by atoms with Crippen LogP contribution in [0.4, 0.5) is 0 Å². The average molecular weight is 396 g/mol. The smallest absolute Gasteiger partial charge is 0.261 e. The Labute approximate surface area is 155 Å². The maximum atomic E-state index is 12.9. The first-order valence-corrected chi connectivity index (χ1v) is 10.7. The van der Waals surface area contributed by atoms with E-state index in [-0.39, 0.29) is 41.6 Å². The number of aromatic nitrogens is 2. The third-order valence-corrected chi connectivity index (χ3v) is 6.91. The van der Waals surface area contributed by atoms with Crippen molar-refractivity contribution in [1.82, 2.24) is 14.5 Å². The number of amides is 1. The Morgan fingerprint density at radius 2 is 2.04 bits per heavy atom. The van der Waals surface area contributed by atoms with Crippen LogP contribution in [0.5, 0.6) is 0 Å². The number of carbonyl (C=O) groups excluding carboxylic acids is 1. The summed E-state index contributed by atoms with van der Waals surface area (Å²) in [5.74, 6) is -0.111. The number of fused-ring (bicyclic) bond motifs is 1. The molecule has 7 nitrogen and oxygen atoms in total. The molecule has 1 aromatic heterocycles. The summed E-state index contributed by atoms with van der Waals surface area (Å²) in [6, 6.07) is 4.64. The fourth-order valence-electron chi connectivity index (χ4n) is 3.52. The second kappa shape index (κ2) is 6.35. The summed E-state index contributed by atoms with van der Waals surface area (Å²) >= 11 is 5.95. The van der Waals surface area contributed by atoms with E-state index in [1.807, 2.05) is 0 Å². The highest BCUT2D eigenvalue weighted by Gasteiger charge is 2.42. The van der Waals surface area contributed by atoms with E-state index in [9.17, 15) is 18.0 Å². The summed E-state index contributed by atoms with van der Waals surface area (Å²) < 4.78 is 24.8. The lowest BCUT2D eigenvalue weighted by Gasteiger charge is -2.28. The van der Waals surface area contributed by atoms with Crippen molar-refractivity contribution in [1.29, 1.82) is 0 Å². The molecule has 1 aromatic carbocycles. The molecule has 2 fully saturated rings. The minimum atomic E-state index is -3.08. The van der Waals surface area contributed by atoms with Gasteiger partial charge in [-0.15, -0.1) is 0 Å². The highest BCUT2D eigenvalue weighted by atomic mass is 35.5. The number of rotatable bonds is 4. The Morgan fingerprint density at radius 3 is 2.69 bits per heavy atom. The van der Waals surface area contributed by atoms with Crippen molar-refractivity contribution >= 4 is 38.2 Å². The van der Waals surface area contributed by atoms with E-state index in [0.29, 0.717) is 22.3 Å². The number of hydrogen-bond acceptors (Lipinski definition) is 5. The molecule has 9 heteroatoms. The fourth-order valence-corrected chi connectivity index (χ4v) is 5.41. The van der Waals surface area contributed by atoms with Crippen molar-refractivity contribution in [2.24, 2.45) is 0 Å². The molecule has 2 aromatic rings. The zero-order valence-electron chi connectivity index (χ0n) is 14.0. The summed E-state index contributed by atoms with van der Waals surface area (Å²) in [5, 5.41) is 0.783. The highest BCUT2D eigenvalue weighted by molar-refractivity contribution is 7.91. The lowest BCUT2D eigenvalue weighted by Crippen LogP contribution is -2.45. The van der Waals surface area contributed by atoms with Gasteiger partial charge in [-0.1, -0.05) is 11.6 Å². The molecule has 1 amide bonds. The molecule has 2 aliphatic rings. The van der Waals surface area contributed by atoms with Gasteiger partial charge >= 0.3 is 0 Å². The molecule has 0 bridgehead atoms. The Bertz CT molecular complexity index is 1050. The molecule has 1 saturated carbocycles. The summed E-state index contributed by atoms with van der Waals surface area (Å²) in [5.41, 5.74) is 0.185. The van der Waals surface area contributed by atoms with Gasteiger partial charge in [0.15, 0.2) is 9.84 Å². The van der Waals surface area contributed by atoms with Crippen LogP contribution in [0.15, 0.2) is 29.3 Å². The van der Waals surface area contributed by atoms with Gasteiger partial charge in [-0.25, -0.2) is 13.4 Å². The Hall–Kier alpha value is -1.93. The zero-order chi connectivity index (χ0) is 18.5. The van der Waals surface area contributed by atoms with E-state index in [2.05, 4.69) is 4.98 Å². The maximum absolute atomic E-state index is 12.9. The first-order chi connectivity index (χ1) is 12.3. The number of carbonyl (C=O) groups is 1. The second-order valence-corrected chi connectivity index (χ2v) is 9.59. The summed E-state index contributed by atoms with van der Waals surface area (Å²) in [6.45, 7) is -0.151. The van der Waals surface area contributed by atoms with Crippen molar-refractivity contribution in [2.75, 3.05) is 11.5 Å². The quantitative estimate of drug-likeness (QED) is 0.776. The van der Waals surface area contributed by atoms with Gasteiger partial charge in [0.05, 0.1) is 28.7 Å². The Balaban J connectivity index is 1.61. The number of sulfone groups is 1. The van der Waals surface area contributed by atoms with E-state index in [1.165, 1.54) is 17.0 Å². The van der Waals surface area contributed by atoms with Crippen LogP contribution in [0.25, 0.3) is 10.9 Å². The third kappa shape index (κ3) is 3.35. The average Bonchev–Trinajstić information content (AvgIpc) is 3.34. The van der Waals surface area contributed by atoms with Crippen LogP contribution in [-0.4, -0.2) is 52.4 Å². The van der Waals surface area contributed by atoms with Gasteiger partial charge in [0.1, 0.15) is 6.54 Å². The first kappa shape index (κ1) is 17.5. The third-order valence-electron chi connectivity index (χ3n) is 4.92. The predicted molar refractivity (Wildman–Crippen MR) is 97.9 cm³/mol. The molecule has 0 radical (unpaired) electrons. The molecule has 138 valence electrons. The molecule has 0 spiro atoms. The van der Waals surface area contributed by atoms with Crippen molar-refractivity contribution in [3.8, 4) is 0 Å². The largest absolute Gasteiger partial charge is 0.334 e. The van der Waals surface area contributed by atoms with E-state index in [1.54, 1.807) is 17.0 Å². The van der Waals surface area contributed by atoms with Crippen molar-refractivity contribution in [2.45, 2.75) is 37.9 Å². The van der Waals surface area contributed by atoms with Crippen molar-refractivity contribution < 1.29 is 13.2 Å². The number of hydrogen-bond donors (Lipinski definition) is 0. The van der Waals surface area contributed by atoms with Crippen LogP contribution < -0.4 is 5.56 Å². The molecule has 0 unspecified atom stereocenters. The highest BCUT2D eigenvalue weighted by Crippen LogP contribution is 2.32. The molecule has 1 aliphatic carbocycles. The molecule has 1 aliphatic heterocycles. The van der Waals surface area contributed by atoms with Crippen LogP contribution in [0.2, 0.25) is 5.02 Å². The molecular formula is C17H18ClN3O4S. The van der Waals surface area contributed by atoms with Crippen LogP contribution in [0.1, 0.15) is 19.3 Å². The molecule has 2 heterocycles.